The van der Waals surface area contributed by atoms with Gasteiger partial charge in [0.2, 0.25) is 0 Å². The van der Waals surface area contributed by atoms with Gasteiger partial charge in [-0.25, -0.2) is 9.78 Å². The maximum atomic E-state index is 11.9. The van der Waals surface area contributed by atoms with Crippen LogP contribution in [0.5, 0.6) is 0 Å². The Hall–Kier alpha value is -2.34. The predicted octanol–water partition coefficient (Wildman–Crippen LogP) is 2.53. The van der Waals surface area contributed by atoms with Gasteiger partial charge in [-0.15, -0.1) is 0 Å². The van der Waals surface area contributed by atoms with Gasteiger partial charge in [0.1, 0.15) is 0 Å². The molecule has 25 heavy (non-hydrogen) atoms. The number of carbonyl (C=O) groups is 1. The first-order valence-corrected chi connectivity index (χ1v) is 8.68. The highest BCUT2D eigenvalue weighted by molar-refractivity contribution is 5.73. The number of urea groups is 1. The number of aliphatic hydroxyl groups is 1. The van der Waals surface area contributed by atoms with E-state index in [-0.39, 0.29) is 18.5 Å². The molecule has 0 bridgehead atoms. The summed E-state index contributed by atoms with van der Waals surface area (Å²) in [5, 5.41) is 15.9. The van der Waals surface area contributed by atoms with Gasteiger partial charge in [0.05, 0.1) is 11.9 Å². The SMILES string of the molecule is CCC(C)C(C)(O)CNC(=O)NCc1ccc(Cn2ccnc2)cc1. The van der Waals surface area contributed by atoms with Gasteiger partial charge in [0.15, 0.2) is 0 Å². The molecule has 0 aliphatic heterocycles. The lowest BCUT2D eigenvalue weighted by Gasteiger charge is -2.29. The van der Waals surface area contributed by atoms with Crippen LogP contribution in [0.15, 0.2) is 43.0 Å². The minimum atomic E-state index is -0.902. The van der Waals surface area contributed by atoms with Gasteiger partial charge >= 0.3 is 6.03 Å². The smallest absolute Gasteiger partial charge is 0.315 e. The molecule has 0 saturated heterocycles. The fraction of sp³-hybridized carbons (Fsp3) is 0.474. The molecule has 2 amide bonds. The van der Waals surface area contributed by atoms with Gasteiger partial charge in [-0.05, 0) is 24.0 Å². The third-order valence-corrected chi connectivity index (χ3v) is 4.68. The molecule has 2 atom stereocenters. The van der Waals surface area contributed by atoms with Crippen molar-refractivity contribution in [3.63, 3.8) is 0 Å². The van der Waals surface area contributed by atoms with E-state index in [2.05, 4.69) is 15.6 Å². The molecule has 0 fully saturated rings. The van der Waals surface area contributed by atoms with Crippen LogP contribution in [0.3, 0.4) is 0 Å². The maximum Gasteiger partial charge on any atom is 0.315 e. The Morgan fingerprint density at radius 1 is 1.28 bits per heavy atom. The second kappa shape index (κ2) is 8.67. The molecule has 1 aromatic heterocycles. The minimum Gasteiger partial charge on any atom is -0.388 e. The Kier molecular flexibility index (Phi) is 6.58. The van der Waals surface area contributed by atoms with Gasteiger partial charge in [-0.2, -0.15) is 0 Å². The van der Waals surface area contributed by atoms with Gasteiger partial charge in [-0.3, -0.25) is 0 Å². The molecule has 0 saturated carbocycles. The van der Waals surface area contributed by atoms with Crippen LogP contribution in [0.2, 0.25) is 0 Å². The summed E-state index contributed by atoms with van der Waals surface area (Å²) in [4.78, 5) is 15.9. The average Bonchev–Trinajstić information content (AvgIpc) is 3.11. The van der Waals surface area contributed by atoms with Crippen LogP contribution >= 0.6 is 0 Å². The lowest BCUT2D eigenvalue weighted by atomic mass is 9.89. The highest BCUT2D eigenvalue weighted by Crippen LogP contribution is 2.18. The lowest BCUT2D eigenvalue weighted by Crippen LogP contribution is -2.47. The molecule has 2 unspecified atom stereocenters. The third-order valence-electron chi connectivity index (χ3n) is 4.68. The van der Waals surface area contributed by atoms with Crippen LogP contribution in [0.25, 0.3) is 0 Å². The molecule has 0 spiro atoms. The minimum absolute atomic E-state index is 0.121. The Labute approximate surface area is 149 Å². The summed E-state index contributed by atoms with van der Waals surface area (Å²) in [7, 11) is 0. The summed E-state index contributed by atoms with van der Waals surface area (Å²) in [5.74, 6) is 0.121. The van der Waals surface area contributed by atoms with Crippen LogP contribution in [0.4, 0.5) is 4.79 Å². The molecular weight excluding hydrogens is 316 g/mol. The van der Waals surface area contributed by atoms with E-state index in [1.165, 1.54) is 5.56 Å². The zero-order valence-corrected chi connectivity index (χ0v) is 15.2. The molecule has 6 heteroatoms. The summed E-state index contributed by atoms with van der Waals surface area (Å²) in [6.07, 6.45) is 6.33. The summed E-state index contributed by atoms with van der Waals surface area (Å²) in [6, 6.07) is 7.82. The number of rotatable bonds is 8. The molecule has 1 aromatic carbocycles. The monoisotopic (exact) mass is 344 g/mol. The normalized spacial score (nSPS) is 14.6. The number of carbonyl (C=O) groups excluding carboxylic acids is 1. The number of hydrogen-bond acceptors (Lipinski definition) is 3. The Morgan fingerprint density at radius 3 is 2.56 bits per heavy atom. The highest BCUT2D eigenvalue weighted by Gasteiger charge is 2.27. The molecule has 0 radical (unpaired) electrons. The number of nitrogens with zero attached hydrogens (tertiary/aromatic N) is 2. The molecule has 136 valence electrons. The van der Waals surface area contributed by atoms with E-state index in [9.17, 15) is 9.90 Å². The van der Waals surface area contributed by atoms with Crippen LogP contribution in [0.1, 0.15) is 38.3 Å². The molecule has 1 heterocycles. The second-order valence-electron chi connectivity index (χ2n) is 6.75. The third kappa shape index (κ3) is 5.90. The van der Waals surface area contributed by atoms with Crippen LogP contribution in [-0.2, 0) is 13.1 Å². The van der Waals surface area contributed by atoms with E-state index in [1.807, 2.05) is 48.9 Å². The Balaban J connectivity index is 1.76. The fourth-order valence-electron chi connectivity index (χ4n) is 2.47. The van der Waals surface area contributed by atoms with Crippen molar-refractivity contribution in [3.8, 4) is 0 Å². The van der Waals surface area contributed by atoms with Crippen LogP contribution in [-0.4, -0.2) is 32.8 Å². The molecule has 6 nitrogen and oxygen atoms in total. The van der Waals surface area contributed by atoms with Crippen molar-refractivity contribution < 1.29 is 9.90 Å². The zero-order valence-electron chi connectivity index (χ0n) is 15.2. The maximum absolute atomic E-state index is 11.9. The van der Waals surface area contributed by atoms with Crippen LogP contribution < -0.4 is 10.6 Å². The van der Waals surface area contributed by atoms with E-state index in [0.717, 1.165) is 18.5 Å². The highest BCUT2D eigenvalue weighted by atomic mass is 16.3. The van der Waals surface area contributed by atoms with Crippen molar-refractivity contribution in [3.05, 3.63) is 54.1 Å². The number of nitrogens with one attached hydrogen (secondary N) is 2. The number of imidazole rings is 1. The molecule has 0 aliphatic carbocycles. The van der Waals surface area contributed by atoms with E-state index < -0.39 is 5.60 Å². The van der Waals surface area contributed by atoms with Gasteiger partial charge in [0, 0.05) is 32.0 Å². The molecule has 2 aromatic rings. The van der Waals surface area contributed by atoms with E-state index >= 15 is 0 Å². The van der Waals surface area contributed by atoms with Crippen molar-refractivity contribution in [2.75, 3.05) is 6.54 Å². The Bertz CT molecular complexity index is 651. The van der Waals surface area contributed by atoms with E-state index in [4.69, 9.17) is 0 Å². The van der Waals surface area contributed by atoms with Crippen molar-refractivity contribution in [1.82, 2.24) is 20.2 Å². The average molecular weight is 344 g/mol. The summed E-state index contributed by atoms with van der Waals surface area (Å²) >= 11 is 0. The second-order valence-corrected chi connectivity index (χ2v) is 6.75. The van der Waals surface area contributed by atoms with Gasteiger partial charge in [-0.1, -0.05) is 44.5 Å². The van der Waals surface area contributed by atoms with Crippen molar-refractivity contribution in [1.29, 1.82) is 0 Å². The lowest BCUT2D eigenvalue weighted by molar-refractivity contribution is 0.00790. The van der Waals surface area contributed by atoms with Crippen molar-refractivity contribution >= 4 is 6.03 Å². The largest absolute Gasteiger partial charge is 0.388 e. The fourth-order valence-corrected chi connectivity index (χ4v) is 2.47. The topological polar surface area (TPSA) is 79.2 Å². The van der Waals surface area contributed by atoms with Crippen LogP contribution in [0, 0.1) is 5.92 Å². The first-order valence-electron chi connectivity index (χ1n) is 8.68. The molecule has 2 rings (SSSR count). The molecule has 0 aliphatic rings. The van der Waals surface area contributed by atoms with Gasteiger partial charge in [0.25, 0.3) is 0 Å². The predicted molar refractivity (Wildman–Crippen MR) is 98.1 cm³/mol. The first kappa shape index (κ1) is 19.0. The van der Waals surface area contributed by atoms with E-state index in [0.29, 0.717) is 6.54 Å². The number of hydrogen-bond donors (Lipinski definition) is 3. The summed E-state index contributed by atoms with van der Waals surface area (Å²) < 4.78 is 2.00. The summed E-state index contributed by atoms with van der Waals surface area (Å²) in [6.45, 7) is 7.21. The standard InChI is InChI=1S/C19H28N4O2/c1-4-15(2)19(3,25)13-22-18(24)21-11-16-5-7-17(8-6-16)12-23-10-9-20-14-23/h5-10,14-15,25H,4,11-13H2,1-3H3,(H2,21,22,24). The number of benzene rings is 1. The first-order chi connectivity index (χ1) is 11.9. The Morgan fingerprint density at radius 2 is 1.96 bits per heavy atom. The quantitative estimate of drug-likeness (QED) is 0.688. The molecular formula is C19H28N4O2. The van der Waals surface area contributed by atoms with Crippen molar-refractivity contribution in [2.24, 2.45) is 5.92 Å². The van der Waals surface area contributed by atoms with E-state index in [1.54, 1.807) is 19.4 Å². The summed E-state index contributed by atoms with van der Waals surface area (Å²) in [5.41, 5.74) is 1.30. The van der Waals surface area contributed by atoms with Crippen molar-refractivity contribution in [2.45, 2.75) is 45.9 Å². The molecule has 3 N–H and O–H groups in total. The zero-order chi connectivity index (χ0) is 18.3. The number of aromatic nitrogens is 2. The number of amides is 2. The van der Waals surface area contributed by atoms with Gasteiger partial charge < -0.3 is 20.3 Å².